The van der Waals surface area contributed by atoms with Gasteiger partial charge in [-0.3, -0.25) is 0 Å². The van der Waals surface area contributed by atoms with E-state index in [9.17, 15) is 0 Å². The normalized spacial score (nSPS) is 28.2. The van der Waals surface area contributed by atoms with Crippen molar-refractivity contribution >= 4 is 0 Å². The van der Waals surface area contributed by atoms with E-state index < -0.39 is 0 Å². The summed E-state index contributed by atoms with van der Waals surface area (Å²) in [4.78, 5) is 0. The Hall–Kier alpha value is -1.63. The van der Waals surface area contributed by atoms with Gasteiger partial charge in [-0.05, 0) is 122 Å². The molecule has 0 unspecified atom stereocenters. The summed E-state index contributed by atoms with van der Waals surface area (Å²) in [5.41, 5.74) is 4.49. The third-order valence-corrected chi connectivity index (χ3v) is 12.3. The van der Waals surface area contributed by atoms with Gasteiger partial charge < -0.3 is 0 Å². The summed E-state index contributed by atoms with van der Waals surface area (Å²) in [5, 5.41) is 0. The molecule has 3 aliphatic rings. The van der Waals surface area contributed by atoms with Gasteiger partial charge in [-0.25, -0.2) is 4.39 Å². The lowest BCUT2D eigenvalue weighted by Gasteiger charge is -2.38. The van der Waals surface area contributed by atoms with Gasteiger partial charge in [0.25, 0.3) is 0 Å². The summed E-state index contributed by atoms with van der Waals surface area (Å²) in [6, 6.07) is 15.1. The standard InChI is InChI=1S/C42H63F/c1-3-5-7-8-10-12-33-15-19-34(20-16-33)36-21-23-38(24-22-36)40-29-30-41(42(43)31-40)39-27-25-37(26-28-39)35-17-13-32(14-18-35)11-9-6-4-2/h25-36,38H,3-24H2,1-2H3. The van der Waals surface area contributed by atoms with Crippen LogP contribution in [0.2, 0.25) is 0 Å². The second-order valence-electron chi connectivity index (χ2n) is 15.2. The van der Waals surface area contributed by atoms with Crippen LogP contribution in [-0.4, -0.2) is 0 Å². The molecular formula is C42H63F. The molecular weight excluding hydrogens is 523 g/mol. The molecule has 3 fully saturated rings. The maximum atomic E-state index is 15.5. The zero-order valence-electron chi connectivity index (χ0n) is 27.9. The third kappa shape index (κ3) is 9.43. The zero-order chi connectivity index (χ0) is 29.9. The van der Waals surface area contributed by atoms with Crippen LogP contribution in [-0.2, 0) is 0 Å². The fraction of sp³-hybridized carbons (Fsp3) is 0.714. The molecule has 2 aromatic rings. The van der Waals surface area contributed by atoms with Crippen LogP contribution in [0.25, 0.3) is 11.1 Å². The van der Waals surface area contributed by atoms with Crippen molar-refractivity contribution in [2.24, 2.45) is 23.7 Å². The second-order valence-corrected chi connectivity index (χ2v) is 15.2. The average molecular weight is 587 g/mol. The maximum Gasteiger partial charge on any atom is 0.131 e. The van der Waals surface area contributed by atoms with E-state index in [1.54, 1.807) is 0 Å². The minimum absolute atomic E-state index is 0.0343. The van der Waals surface area contributed by atoms with Gasteiger partial charge in [0.1, 0.15) is 5.82 Å². The molecule has 0 bridgehead atoms. The van der Waals surface area contributed by atoms with E-state index in [0.717, 1.165) is 34.8 Å². The predicted octanol–water partition coefficient (Wildman–Crippen LogP) is 13.8. The quantitative estimate of drug-likeness (QED) is 0.193. The van der Waals surface area contributed by atoms with Crippen molar-refractivity contribution in [2.45, 2.75) is 167 Å². The van der Waals surface area contributed by atoms with E-state index in [-0.39, 0.29) is 5.82 Å². The van der Waals surface area contributed by atoms with Crippen LogP contribution in [0.3, 0.4) is 0 Å². The Morgan fingerprint density at radius 3 is 1.58 bits per heavy atom. The smallest absolute Gasteiger partial charge is 0.131 e. The monoisotopic (exact) mass is 586 g/mol. The Bertz CT molecular complexity index is 1040. The summed E-state index contributed by atoms with van der Waals surface area (Å²) in [5.74, 6) is 5.02. The van der Waals surface area contributed by atoms with Crippen LogP contribution in [0.4, 0.5) is 4.39 Å². The molecule has 0 aliphatic heterocycles. The largest absolute Gasteiger partial charge is 0.206 e. The molecule has 2 aromatic carbocycles. The Balaban J connectivity index is 1.05. The van der Waals surface area contributed by atoms with Crippen molar-refractivity contribution < 1.29 is 4.39 Å². The molecule has 0 spiro atoms. The highest BCUT2D eigenvalue weighted by molar-refractivity contribution is 5.65. The number of hydrogen-bond acceptors (Lipinski definition) is 0. The van der Waals surface area contributed by atoms with E-state index in [1.165, 1.54) is 152 Å². The Labute approximate surface area is 265 Å². The van der Waals surface area contributed by atoms with Crippen molar-refractivity contribution in [3.63, 3.8) is 0 Å². The minimum Gasteiger partial charge on any atom is -0.206 e. The lowest BCUT2D eigenvalue weighted by atomic mass is 9.68. The van der Waals surface area contributed by atoms with Crippen LogP contribution in [0.1, 0.15) is 178 Å². The lowest BCUT2D eigenvalue weighted by Crippen LogP contribution is -2.25. The summed E-state index contributed by atoms with van der Waals surface area (Å²) >= 11 is 0. The first-order chi connectivity index (χ1) is 21.1. The van der Waals surface area contributed by atoms with Gasteiger partial charge in [0, 0.05) is 5.56 Å². The fourth-order valence-electron chi connectivity index (χ4n) is 9.33. The van der Waals surface area contributed by atoms with E-state index in [2.05, 4.69) is 50.2 Å². The molecule has 5 rings (SSSR count). The summed E-state index contributed by atoms with van der Waals surface area (Å²) in [6.07, 6.45) is 30.6. The molecule has 0 aromatic heterocycles. The Morgan fingerprint density at radius 2 is 0.977 bits per heavy atom. The molecule has 0 N–H and O–H groups in total. The van der Waals surface area contributed by atoms with Crippen LogP contribution in [0.15, 0.2) is 42.5 Å². The number of rotatable bonds is 14. The van der Waals surface area contributed by atoms with Crippen molar-refractivity contribution in [1.29, 1.82) is 0 Å². The molecule has 3 aliphatic carbocycles. The van der Waals surface area contributed by atoms with Gasteiger partial charge in [-0.2, -0.15) is 0 Å². The van der Waals surface area contributed by atoms with E-state index in [0.29, 0.717) is 11.8 Å². The summed E-state index contributed by atoms with van der Waals surface area (Å²) < 4.78 is 15.5. The predicted molar refractivity (Wildman–Crippen MR) is 184 cm³/mol. The van der Waals surface area contributed by atoms with Crippen LogP contribution < -0.4 is 0 Å². The highest BCUT2D eigenvalue weighted by Gasteiger charge is 2.31. The fourth-order valence-corrected chi connectivity index (χ4v) is 9.33. The summed E-state index contributed by atoms with van der Waals surface area (Å²) in [7, 11) is 0. The van der Waals surface area contributed by atoms with Gasteiger partial charge in [-0.15, -0.1) is 0 Å². The molecule has 0 atom stereocenters. The molecule has 0 heterocycles. The molecule has 0 saturated heterocycles. The number of unbranched alkanes of at least 4 members (excludes halogenated alkanes) is 6. The third-order valence-electron chi connectivity index (χ3n) is 12.3. The summed E-state index contributed by atoms with van der Waals surface area (Å²) in [6.45, 7) is 4.61. The first-order valence-corrected chi connectivity index (χ1v) is 19.0. The average Bonchev–Trinajstić information content (AvgIpc) is 3.06. The van der Waals surface area contributed by atoms with Crippen molar-refractivity contribution in [2.75, 3.05) is 0 Å². The molecule has 3 saturated carbocycles. The van der Waals surface area contributed by atoms with E-state index in [1.807, 2.05) is 6.07 Å². The molecule has 0 radical (unpaired) electrons. The van der Waals surface area contributed by atoms with Crippen LogP contribution in [0.5, 0.6) is 0 Å². The molecule has 0 amide bonds. The first kappa shape index (κ1) is 32.8. The maximum absolute atomic E-state index is 15.5. The Morgan fingerprint density at radius 1 is 0.512 bits per heavy atom. The minimum atomic E-state index is -0.0343. The molecule has 238 valence electrons. The molecule has 43 heavy (non-hydrogen) atoms. The van der Waals surface area contributed by atoms with Crippen molar-refractivity contribution in [1.82, 2.24) is 0 Å². The lowest BCUT2D eigenvalue weighted by molar-refractivity contribution is 0.155. The topological polar surface area (TPSA) is 0 Å². The van der Waals surface area contributed by atoms with Crippen molar-refractivity contribution in [3.8, 4) is 11.1 Å². The van der Waals surface area contributed by atoms with Gasteiger partial charge in [0.05, 0.1) is 0 Å². The van der Waals surface area contributed by atoms with Crippen molar-refractivity contribution in [3.05, 3.63) is 59.4 Å². The van der Waals surface area contributed by atoms with Gasteiger partial charge in [-0.1, -0.05) is 127 Å². The molecule has 1 heteroatoms. The highest BCUT2D eigenvalue weighted by atomic mass is 19.1. The second kappa shape index (κ2) is 17.2. The van der Waals surface area contributed by atoms with Crippen LogP contribution >= 0.6 is 0 Å². The zero-order valence-corrected chi connectivity index (χ0v) is 27.9. The van der Waals surface area contributed by atoms with Gasteiger partial charge >= 0.3 is 0 Å². The number of hydrogen-bond donors (Lipinski definition) is 0. The Kier molecular flexibility index (Phi) is 13.1. The first-order valence-electron chi connectivity index (χ1n) is 19.0. The van der Waals surface area contributed by atoms with Gasteiger partial charge in [0.15, 0.2) is 0 Å². The van der Waals surface area contributed by atoms with Crippen LogP contribution in [0, 0.1) is 29.5 Å². The van der Waals surface area contributed by atoms with E-state index in [4.69, 9.17) is 0 Å². The number of halogens is 1. The highest BCUT2D eigenvalue weighted by Crippen LogP contribution is 2.45. The number of benzene rings is 2. The van der Waals surface area contributed by atoms with E-state index >= 15 is 4.39 Å². The SMILES string of the molecule is CCCCCCCC1CCC(C2CCC(c3ccc(-c4ccc(C5CCC(CCCCC)CC5)cc4)c(F)c3)CC2)CC1. The van der Waals surface area contributed by atoms with Gasteiger partial charge in [0.2, 0.25) is 0 Å². The molecule has 0 nitrogen and oxygen atoms in total.